The molecule has 10 heteroatoms. The van der Waals surface area contributed by atoms with Crippen molar-refractivity contribution in [3.05, 3.63) is 50.5 Å². The number of hydrogen-bond acceptors (Lipinski definition) is 4. The van der Waals surface area contributed by atoms with Crippen molar-refractivity contribution in [1.82, 2.24) is 0 Å². The van der Waals surface area contributed by atoms with Gasteiger partial charge in [-0.3, -0.25) is 4.72 Å². The van der Waals surface area contributed by atoms with Gasteiger partial charge in [-0.05, 0) is 65.1 Å². The van der Waals surface area contributed by atoms with Crippen LogP contribution in [0.4, 0.5) is 5.69 Å². The third kappa shape index (κ3) is 4.34. The Morgan fingerprint density at radius 1 is 1.00 bits per heavy atom. The molecule has 5 nitrogen and oxygen atoms in total. The zero-order valence-corrected chi connectivity index (χ0v) is 16.8. The van der Waals surface area contributed by atoms with E-state index in [0.29, 0.717) is 3.57 Å². The average molecular weight is 537 g/mol. The number of hydrogen-bond donors (Lipinski definition) is 1. The van der Waals surface area contributed by atoms with Crippen molar-refractivity contribution in [1.29, 1.82) is 0 Å². The highest BCUT2D eigenvalue weighted by atomic mass is 127. The summed E-state index contributed by atoms with van der Waals surface area (Å²) in [6, 6.07) is 10.1. The molecule has 0 aliphatic heterocycles. The molecule has 22 heavy (non-hydrogen) atoms. The van der Waals surface area contributed by atoms with E-state index >= 15 is 0 Å². The first-order valence-corrected chi connectivity index (χ1v) is 11.3. The second-order valence-electron chi connectivity index (χ2n) is 4.14. The van der Waals surface area contributed by atoms with E-state index in [1.165, 1.54) is 30.3 Å². The van der Waals surface area contributed by atoms with Crippen LogP contribution in [0, 0.1) is 3.57 Å². The predicted octanol–water partition coefficient (Wildman–Crippen LogP) is 3.78. The monoisotopic (exact) mass is 535 g/mol. The van der Waals surface area contributed by atoms with Gasteiger partial charge >= 0.3 is 0 Å². The highest BCUT2D eigenvalue weighted by Gasteiger charge is 2.17. The SMILES string of the molecule is O=S(=O)(Cl)c1ccc(NS(=O)(=O)c2ccc(Br)cc2)cc1I. The van der Waals surface area contributed by atoms with Gasteiger partial charge in [0.15, 0.2) is 0 Å². The summed E-state index contributed by atoms with van der Waals surface area (Å²) in [6.45, 7) is 0. The zero-order valence-electron chi connectivity index (χ0n) is 10.6. The van der Waals surface area contributed by atoms with Gasteiger partial charge in [-0.15, -0.1) is 0 Å². The number of halogens is 3. The first-order chi connectivity index (χ1) is 10.1. The van der Waals surface area contributed by atoms with E-state index in [4.69, 9.17) is 10.7 Å². The molecule has 2 rings (SSSR count). The summed E-state index contributed by atoms with van der Waals surface area (Å²) in [5.74, 6) is 0. The minimum absolute atomic E-state index is 0.0682. The van der Waals surface area contributed by atoms with Crippen LogP contribution in [0.3, 0.4) is 0 Å². The van der Waals surface area contributed by atoms with E-state index in [9.17, 15) is 16.8 Å². The average Bonchev–Trinajstić information content (AvgIpc) is 2.37. The Balaban J connectivity index is 2.35. The maximum absolute atomic E-state index is 12.2. The molecule has 0 aliphatic rings. The highest BCUT2D eigenvalue weighted by Crippen LogP contribution is 2.26. The van der Waals surface area contributed by atoms with Crippen molar-refractivity contribution in [2.75, 3.05) is 4.72 Å². The summed E-state index contributed by atoms with van der Waals surface area (Å²) < 4.78 is 50.6. The Bertz CT molecular complexity index is 915. The molecule has 1 N–H and O–H groups in total. The number of nitrogens with one attached hydrogen (secondary N) is 1. The maximum atomic E-state index is 12.2. The summed E-state index contributed by atoms with van der Waals surface area (Å²) in [4.78, 5) is 0.0288. The van der Waals surface area contributed by atoms with Gasteiger partial charge in [-0.1, -0.05) is 15.9 Å². The zero-order chi connectivity index (χ0) is 16.5. The second kappa shape index (κ2) is 6.63. The van der Waals surface area contributed by atoms with Crippen LogP contribution in [-0.4, -0.2) is 16.8 Å². The molecule has 2 aromatic rings. The van der Waals surface area contributed by atoms with Crippen molar-refractivity contribution in [2.24, 2.45) is 0 Å². The first kappa shape index (κ1) is 18.0. The number of anilines is 1. The summed E-state index contributed by atoms with van der Waals surface area (Å²) >= 11 is 5.01. The van der Waals surface area contributed by atoms with E-state index in [1.54, 1.807) is 34.7 Å². The molecule has 0 saturated carbocycles. The minimum atomic E-state index is -3.87. The van der Waals surface area contributed by atoms with Gasteiger partial charge in [-0.2, -0.15) is 0 Å². The molecular formula is C12H8BrClINO4S2. The molecule has 0 fully saturated rings. The lowest BCUT2D eigenvalue weighted by molar-refractivity contribution is 0.601. The fourth-order valence-corrected chi connectivity index (χ4v) is 5.61. The molecule has 0 aromatic heterocycles. The van der Waals surface area contributed by atoms with Crippen LogP contribution in [0.2, 0.25) is 0 Å². The van der Waals surface area contributed by atoms with Gasteiger partial charge in [0.25, 0.3) is 19.1 Å². The quantitative estimate of drug-likeness (QED) is 0.477. The number of rotatable bonds is 4. The molecule has 0 amide bonds. The highest BCUT2D eigenvalue weighted by molar-refractivity contribution is 14.1. The lowest BCUT2D eigenvalue weighted by atomic mass is 10.3. The van der Waals surface area contributed by atoms with E-state index in [1.807, 2.05) is 0 Å². The van der Waals surface area contributed by atoms with Gasteiger partial charge in [0.2, 0.25) is 0 Å². The van der Waals surface area contributed by atoms with Gasteiger partial charge in [0, 0.05) is 24.4 Å². The summed E-state index contributed by atoms with van der Waals surface area (Å²) in [5.41, 5.74) is 0.247. The Morgan fingerprint density at radius 3 is 2.09 bits per heavy atom. The Morgan fingerprint density at radius 2 is 1.59 bits per heavy atom. The van der Waals surface area contributed by atoms with E-state index in [-0.39, 0.29) is 15.5 Å². The van der Waals surface area contributed by atoms with Crippen LogP contribution in [0.5, 0.6) is 0 Å². The lowest BCUT2D eigenvalue weighted by Gasteiger charge is -2.09. The Hall–Kier alpha value is -0.360. The molecule has 0 aliphatic carbocycles. The Kier molecular flexibility index (Phi) is 5.42. The van der Waals surface area contributed by atoms with Crippen LogP contribution in [0.25, 0.3) is 0 Å². The van der Waals surface area contributed by atoms with Gasteiger partial charge in [0.05, 0.1) is 9.79 Å². The fourth-order valence-electron chi connectivity index (χ4n) is 1.59. The van der Waals surface area contributed by atoms with Crippen LogP contribution in [0.15, 0.2) is 56.7 Å². The molecule has 0 spiro atoms. The van der Waals surface area contributed by atoms with Crippen LogP contribution in [-0.2, 0) is 19.1 Å². The molecule has 0 heterocycles. The van der Waals surface area contributed by atoms with Gasteiger partial charge in [0.1, 0.15) is 0 Å². The van der Waals surface area contributed by atoms with Gasteiger partial charge in [-0.25, -0.2) is 16.8 Å². The second-order valence-corrected chi connectivity index (χ2v) is 10.4. The smallest absolute Gasteiger partial charge is 0.262 e. The van der Waals surface area contributed by atoms with Crippen molar-refractivity contribution in [2.45, 2.75) is 9.79 Å². The molecular weight excluding hydrogens is 529 g/mol. The molecule has 0 radical (unpaired) electrons. The standard InChI is InChI=1S/C12H8BrClINO4S2/c13-8-1-4-10(5-2-8)22(19,20)16-9-3-6-12(11(15)7-9)21(14,17)18/h1-7,16H. The van der Waals surface area contributed by atoms with Crippen molar-refractivity contribution >= 4 is 74.0 Å². The summed E-state index contributed by atoms with van der Waals surface area (Å²) in [7, 11) is -2.34. The van der Waals surface area contributed by atoms with Crippen molar-refractivity contribution < 1.29 is 16.8 Å². The third-order valence-electron chi connectivity index (χ3n) is 2.57. The number of sulfonamides is 1. The molecule has 2 aromatic carbocycles. The topological polar surface area (TPSA) is 80.3 Å². The van der Waals surface area contributed by atoms with Crippen molar-refractivity contribution in [3.63, 3.8) is 0 Å². The lowest BCUT2D eigenvalue weighted by Crippen LogP contribution is -2.13. The van der Waals surface area contributed by atoms with E-state index in [2.05, 4.69) is 20.7 Å². The number of benzene rings is 2. The predicted molar refractivity (Wildman–Crippen MR) is 97.1 cm³/mol. The Labute approximate surface area is 154 Å². The van der Waals surface area contributed by atoms with E-state index < -0.39 is 19.1 Å². The van der Waals surface area contributed by atoms with Crippen LogP contribution >= 0.6 is 49.2 Å². The normalized spacial score (nSPS) is 12.1. The molecule has 0 saturated heterocycles. The molecule has 118 valence electrons. The largest absolute Gasteiger partial charge is 0.280 e. The summed E-state index contributed by atoms with van der Waals surface area (Å²) in [6.07, 6.45) is 0. The van der Waals surface area contributed by atoms with E-state index in [0.717, 1.165) is 4.47 Å². The van der Waals surface area contributed by atoms with Crippen LogP contribution < -0.4 is 4.72 Å². The molecule has 0 unspecified atom stereocenters. The minimum Gasteiger partial charge on any atom is -0.280 e. The van der Waals surface area contributed by atoms with Crippen LogP contribution in [0.1, 0.15) is 0 Å². The maximum Gasteiger partial charge on any atom is 0.262 e. The molecule has 0 atom stereocenters. The fraction of sp³-hybridized carbons (Fsp3) is 0. The van der Waals surface area contributed by atoms with Crippen molar-refractivity contribution in [3.8, 4) is 0 Å². The first-order valence-electron chi connectivity index (χ1n) is 5.62. The third-order valence-corrected chi connectivity index (χ3v) is 7.14. The van der Waals surface area contributed by atoms with Gasteiger partial charge < -0.3 is 0 Å². The summed E-state index contributed by atoms with van der Waals surface area (Å²) in [5, 5.41) is 0. The molecule has 0 bridgehead atoms.